The summed E-state index contributed by atoms with van der Waals surface area (Å²) in [5.41, 5.74) is 4.12. The lowest BCUT2D eigenvalue weighted by Gasteiger charge is -2.34. The van der Waals surface area contributed by atoms with Crippen molar-refractivity contribution in [3.63, 3.8) is 0 Å². The van der Waals surface area contributed by atoms with Gasteiger partial charge in [0.2, 0.25) is 10.0 Å². The molecule has 3 aromatic rings. The van der Waals surface area contributed by atoms with E-state index in [-0.39, 0.29) is 10.9 Å². The summed E-state index contributed by atoms with van der Waals surface area (Å²) < 4.78 is 56.0. The molecule has 0 aliphatic heterocycles. The number of halogens is 2. The summed E-state index contributed by atoms with van der Waals surface area (Å²) in [5.74, 6) is -2.22. The Hall–Kier alpha value is -2.83. The van der Waals surface area contributed by atoms with E-state index in [1.165, 1.54) is 30.7 Å². The van der Waals surface area contributed by atoms with Gasteiger partial charge in [0.1, 0.15) is 11.0 Å². The van der Waals surface area contributed by atoms with Gasteiger partial charge in [-0.1, -0.05) is 12.1 Å². The van der Waals surface area contributed by atoms with Crippen LogP contribution < -0.4 is 4.72 Å². The van der Waals surface area contributed by atoms with Crippen LogP contribution in [0.1, 0.15) is 68.0 Å². The summed E-state index contributed by atoms with van der Waals surface area (Å²) in [5, 5.41) is 10.9. The average Bonchev–Trinajstić information content (AvgIpc) is 3.54. The highest BCUT2D eigenvalue weighted by Crippen LogP contribution is 2.45. The van der Waals surface area contributed by atoms with Crippen LogP contribution in [0.3, 0.4) is 0 Å². The first-order valence-electron chi connectivity index (χ1n) is 11.7. The van der Waals surface area contributed by atoms with Gasteiger partial charge < -0.3 is 4.57 Å². The quantitative estimate of drug-likeness (QED) is 0.520. The van der Waals surface area contributed by atoms with Crippen LogP contribution in [0.15, 0.2) is 41.4 Å². The Morgan fingerprint density at radius 1 is 1.12 bits per heavy atom. The van der Waals surface area contributed by atoms with E-state index in [2.05, 4.69) is 32.5 Å². The monoisotopic (exact) mass is 482 g/mol. The van der Waals surface area contributed by atoms with Gasteiger partial charge in [0.15, 0.2) is 0 Å². The van der Waals surface area contributed by atoms with E-state index in [1.807, 2.05) is 6.07 Å². The molecule has 9 heteroatoms. The fourth-order valence-corrected chi connectivity index (χ4v) is 6.28. The minimum absolute atomic E-state index is 0.0766. The first kappa shape index (κ1) is 21.7. The predicted molar refractivity (Wildman–Crippen MR) is 123 cm³/mol. The van der Waals surface area contributed by atoms with Crippen molar-refractivity contribution in [1.29, 1.82) is 5.26 Å². The van der Waals surface area contributed by atoms with Crippen molar-refractivity contribution >= 4 is 20.9 Å². The van der Waals surface area contributed by atoms with E-state index in [0.29, 0.717) is 22.9 Å². The highest BCUT2D eigenvalue weighted by atomic mass is 32.2. The number of hydrogen-bond acceptors (Lipinski definition) is 4. The lowest BCUT2D eigenvalue weighted by Crippen LogP contribution is -2.50. The van der Waals surface area contributed by atoms with E-state index in [4.69, 9.17) is 0 Å². The van der Waals surface area contributed by atoms with Crippen LogP contribution in [-0.2, 0) is 10.0 Å². The number of nitrogens with zero attached hydrogens (tertiary/aromatic N) is 3. The van der Waals surface area contributed by atoms with Gasteiger partial charge >= 0.3 is 0 Å². The Labute approximate surface area is 196 Å². The fourth-order valence-electron chi connectivity index (χ4n) is 5.10. The topological polar surface area (TPSA) is 87.8 Å². The minimum atomic E-state index is -3.96. The number of aromatic nitrogens is 2. The largest absolute Gasteiger partial charge is 0.335 e. The number of benzene rings is 1. The van der Waals surface area contributed by atoms with Gasteiger partial charge in [-0.15, -0.1) is 0 Å². The van der Waals surface area contributed by atoms with Crippen molar-refractivity contribution in [3.05, 3.63) is 47.7 Å². The highest BCUT2D eigenvalue weighted by Gasteiger charge is 2.47. The zero-order valence-electron chi connectivity index (χ0n) is 18.5. The first-order chi connectivity index (χ1) is 16.3. The lowest BCUT2D eigenvalue weighted by molar-refractivity contribution is -0.0876. The summed E-state index contributed by atoms with van der Waals surface area (Å²) in [7, 11) is -3.96. The van der Waals surface area contributed by atoms with Crippen molar-refractivity contribution in [3.8, 4) is 17.5 Å². The summed E-state index contributed by atoms with van der Waals surface area (Å²) in [6, 6.07) is 11.2. The van der Waals surface area contributed by atoms with Crippen LogP contribution in [0.5, 0.6) is 0 Å². The molecule has 0 saturated heterocycles. The van der Waals surface area contributed by atoms with E-state index in [9.17, 15) is 22.5 Å². The standard InChI is InChI=1S/C25H24F2N4O2S/c26-25(27)11-17(12-25)30-34(32,33)19-7-9-22(29-14-19)24-21(13-28)20-8-6-16(15-4-5-15)10-23(20)31(24)18-2-1-3-18/h6-10,14-15,17-18,30H,1-5,11-12H2. The second-order valence-electron chi connectivity index (χ2n) is 9.80. The molecule has 0 radical (unpaired) electrons. The molecule has 3 aliphatic rings. The SMILES string of the molecule is N#Cc1c(-c2ccc(S(=O)(=O)NC3CC(F)(F)C3)cn2)n(C2CCC2)c2cc(C3CC3)ccc12. The summed E-state index contributed by atoms with van der Waals surface area (Å²) >= 11 is 0. The van der Waals surface area contributed by atoms with E-state index in [0.717, 1.165) is 30.2 Å². The molecule has 0 bridgehead atoms. The number of rotatable bonds is 6. The molecule has 0 atom stereocenters. The van der Waals surface area contributed by atoms with Crippen LogP contribution >= 0.6 is 0 Å². The van der Waals surface area contributed by atoms with Gasteiger partial charge in [-0.25, -0.2) is 21.9 Å². The zero-order valence-corrected chi connectivity index (χ0v) is 19.3. The molecule has 2 heterocycles. The molecule has 3 saturated carbocycles. The molecule has 176 valence electrons. The third-order valence-electron chi connectivity index (χ3n) is 7.33. The summed E-state index contributed by atoms with van der Waals surface area (Å²) in [6.07, 6.45) is 5.82. The van der Waals surface area contributed by atoms with Crippen LogP contribution in [0.25, 0.3) is 22.3 Å². The van der Waals surface area contributed by atoms with Gasteiger partial charge in [0.25, 0.3) is 5.92 Å². The van der Waals surface area contributed by atoms with Crippen molar-refractivity contribution in [1.82, 2.24) is 14.3 Å². The number of pyridine rings is 1. The molecular weight excluding hydrogens is 458 g/mol. The third-order valence-corrected chi connectivity index (χ3v) is 8.84. The third kappa shape index (κ3) is 3.60. The normalized spacial score (nSPS) is 20.6. The molecule has 0 unspecified atom stereocenters. The van der Waals surface area contributed by atoms with Gasteiger partial charge in [-0.2, -0.15) is 5.26 Å². The Balaban J connectivity index is 1.39. The van der Waals surface area contributed by atoms with Crippen LogP contribution in [0, 0.1) is 11.3 Å². The zero-order chi connectivity index (χ0) is 23.7. The molecule has 6 nitrogen and oxygen atoms in total. The maximum Gasteiger partial charge on any atom is 0.251 e. The molecule has 3 fully saturated rings. The van der Waals surface area contributed by atoms with E-state index in [1.54, 1.807) is 6.07 Å². The smallest absolute Gasteiger partial charge is 0.251 e. The predicted octanol–water partition coefficient (Wildman–Crippen LogP) is 5.25. The highest BCUT2D eigenvalue weighted by molar-refractivity contribution is 7.89. The van der Waals surface area contributed by atoms with Crippen molar-refractivity contribution < 1.29 is 17.2 Å². The lowest BCUT2D eigenvalue weighted by atomic mass is 9.89. The number of sulfonamides is 1. The van der Waals surface area contributed by atoms with Crippen LogP contribution in [-0.4, -0.2) is 29.9 Å². The van der Waals surface area contributed by atoms with Crippen LogP contribution in [0.4, 0.5) is 8.78 Å². The van der Waals surface area contributed by atoms with Gasteiger partial charge in [-0.3, -0.25) is 4.98 Å². The molecule has 0 spiro atoms. The average molecular weight is 483 g/mol. The number of hydrogen-bond donors (Lipinski definition) is 1. The van der Waals surface area contributed by atoms with E-state index < -0.39 is 34.8 Å². The molecule has 6 rings (SSSR count). The maximum absolute atomic E-state index is 13.1. The maximum atomic E-state index is 13.1. The number of alkyl halides is 2. The van der Waals surface area contributed by atoms with Crippen molar-refractivity contribution in [2.24, 2.45) is 0 Å². The van der Waals surface area contributed by atoms with E-state index >= 15 is 0 Å². The van der Waals surface area contributed by atoms with Gasteiger partial charge in [0, 0.05) is 36.5 Å². The molecule has 1 aromatic carbocycles. The fraction of sp³-hybridized carbons (Fsp3) is 0.440. The first-order valence-corrected chi connectivity index (χ1v) is 13.2. The van der Waals surface area contributed by atoms with Crippen molar-refractivity contribution in [2.45, 2.75) is 73.8 Å². The second-order valence-corrected chi connectivity index (χ2v) is 11.5. The number of fused-ring (bicyclic) bond motifs is 1. The van der Waals surface area contributed by atoms with Crippen LogP contribution in [0.2, 0.25) is 0 Å². The second kappa shape index (κ2) is 7.59. The Morgan fingerprint density at radius 3 is 2.44 bits per heavy atom. The number of nitriles is 1. The van der Waals surface area contributed by atoms with Gasteiger partial charge in [0.05, 0.1) is 22.5 Å². The number of nitrogens with one attached hydrogen (secondary N) is 1. The Kier molecular flexibility index (Phi) is 4.84. The minimum Gasteiger partial charge on any atom is -0.335 e. The summed E-state index contributed by atoms with van der Waals surface area (Å²) in [6.45, 7) is 0. The van der Waals surface area contributed by atoms with Gasteiger partial charge in [-0.05, 0) is 61.8 Å². The molecule has 2 aromatic heterocycles. The molecule has 34 heavy (non-hydrogen) atoms. The molecule has 3 aliphatic carbocycles. The Bertz CT molecular complexity index is 1420. The molecule has 0 amide bonds. The van der Waals surface area contributed by atoms with Crippen molar-refractivity contribution in [2.75, 3.05) is 0 Å². The molecule has 1 N–H and O–H groups in total. The summed E-state index contributed by atoms with van der Waals surface area (Å²) in [4.78, 5) is 4.35. The Morgan fingerprint density at radius 2 is 1.88 bits per heavy atom. The molecular formula is C25H24F2N4O2S.